The summed E-state index contributed by atoms with van der Waals surface area (Å²) in [7, 11) is -11.1. The molecule has 0 spiro atoms. The molecule has 1 fully saturated rings. The fourth-order valence-corrected chi connectivity index (χ4v) is 9.28. The van der Waals surface area contributed by atoms with Gasteiger partial charge in [-0.05, 0) is 90.0 Å². The van der Waals surface area contributed by atoms with Gasteiger partial charge in [0.2, 0.25) is 0 Å². The third-order valence-electron chi connectivity index (χ3n) is 10.3. The summed E-state index contributed by atoms with van der Waals surface area (Å²) in [6.07, 6.45) is 3.77. The Kier molecular flexibility index (Phi) is 12.4. The molecule has 0 saturated carbocycles. The highest BCUT2D eigenvalue weighted by Crippen LogP contribution is 2.40. The quantitative estimate of drug-likeness (QED) is 0.0612. The lowest BCUT2D eigenvalue weighted by atomic mass is 9.84. The predicted octanol–water partition coefficient (Wildman–Crippen LogP) is 8.04. The molecule has 3 heterocycles. The summed E-state index contributed by atoms with van der Waals surface area (Å²) in [5, 5.41) is 15.3. The average Bonchev–Trinajstić information content (AvgIpc) is 3.71. The Balaban J connectivity index is 1.15. The number of fused-ring (bicyclic) bond motifs is 1. The number of aromatic nitrogens is 2. The first-order valence-electron chi connectivity index (χ1n) is 18.8. The number of amides is 1. The van der Waals surface area contributed by atoms with E-state index in [4.69, 9.17) is 16.3 Å². The summed E-state index contributed by atoms with van der Waals surface area (Å²) < 4.78 is 101. The average molecular weight is 896 g/mol. The number of hydrogen-bond acceptors (Lipinski definition) is 11. The molecule has 0 bridgehead atoms. The van der Waals surface area contributed by atoms with Crippen molar-refractivity contribution in [3.63, 3.8) is 0 Å². The molecule has 4 aromatic carbocycles. The van der Waals surface area contributed by atoms with Gasteiger partial charge in [-0.3, -0.25) is 4.79 Å². The van der Waals surface area contributed by atoms with Crippen LogP contribution < -0.4 is 19.7 Å². The summed E-state index contributed by atoms with van der Waals surface area (Å²) >= 11 is 6.11. The van der Waals surface area contributed by atoms with E-state index in [0.29, 0.717) is 54.0 Å². The van der Waals surface area contributed by atoms with Crippen molar-refractivity contribution >= 4 is 66.1 Å². The Labute approximate surface area is 353 Å². The molecule has 1 aliphatic heterocycles. The molecule has 1 aliphatic rings. The first-order chi connectivity index (χ1) is 29.1. The van der Waals surface area contributed by atoms with Crippen molar-refractivity contribution in [3.05, 3.63) is 126 Å². The summed E-state index contributed by atoms with van der Waals surface area (Å²) in [6.45, 7) is 0.770. The van der Waals surface area contributed by atoms with Crippen LogP contribution in [0, 0.1) is 5.92 Å². The number of halogens is 4. The Hall–Kier alpha value is -5.95. The Bertz CT molecular complexity index is 2810. The Morgan fingerprint density at radius 2 is 1.72 bits per heavy atom. The lowest BCUT2D eigenvalue weighted by molar-refractivity contribution is -0.107. The fourth-order valence-electron chi connectivity index (χ4n) is 7.12. The van der Waals surface area contributed by atoms with Gasteiger partial charge in [-0.1, -0.05) is 48.0 Å². The molecule has 1 unspecified atom stereocenters. The molecule has 6 aromatic rings. The van der Waals surface area contributed by atoms with Crippen LogP contribution >= 0.6 is 11.6 Å². The second-order valence-electron chi connectivity index (χ2n) is 14.2. The van der Waals surface area contributed by atoms with Crippen LogP contribution in [-0.4, -0.2) is 69.2 Å². The van der Waals surface area contributed by atoms with Crippen molar-refractivity contribution in [2.75, 3.05) is 29.9 Å². The van der Waals surface area contributed by atoms with Crippen molar-refractivity contribution in [1.82, 2.24) is 14.7 Å². The monoisotopic (exact) mass is 895 g/mol. The number of H-pyrrole nitrogens is 1. The summed E-state index contributed by atoms with van der Waals surface area (Å²) in [5.41, 5.74) is -2.90. The van der Waals surface area contributed by atoms with Gasteiger partial charge in [0.1, 0.15) is 28.3 Å². The minimum Gasteiger partial charge on any atom is -0.455 e. The normalized spacial score (nSPS) is 14.4. The standard InChI is InChI=1S/C42H37ClF3N5O8S2/c43-29-8-6-26(7-9-29)33-4-1-2-5-34(33)39(53)27-15-19-51(20-16-27)30-10-12-35(37(23-30)59-31-22-28-14-18-48-40(28)49-25-31)41(54)50-61(57,58)32-11-13-36(47-17-3-21-52)38(24-32)60(55,56)42(44,45)46/h1-2,4-14,18,21-25,27,39,47,53H,3,15-17,19-20H2,(H,48,49)(H,50,54). The number of piperidine rings is 1. The molecule has 1 saturated heterocycles. The highest BCUT2D eigenvalue weighted by molar-refractivity contribution is 7.92. The van der Waals surface area contributed by atoms with E-state index in [1.165, 1.54) is 12.3 Å². The van der Waals surface area contributed by atoms with Crippen molar-refractivity contribution < 1.29 is 49.4 Å². The van der Waals surface area contributed by atoms with Gasteiger partial charge >= 0.3 is 5.51 Å². The summed E-state index contributed by atoms with van der Waals surface area (Å²) in [5.74, 6) is -1.22. The Morgan fingerprint density at radius 1 is 0.984 bits per heavy atom. The van der Waals surface area contributed by atoms with Gasteiger partial charge in [-0.15, -0.1) is 0 Å². The summed E-state index contributed by atoms with van der Waals surface area (Å²) in [4.78, 5) is 31.5. The number of hydrogen-bond donors (Lipinski definition) is 4. The molecular weight excluding hydrogens is 859 g/mol. The van der Waals surface area contributed by atoms with Crippen LogP contribution in [0.5, 0.6) is 11.5 Å². The topological polar surface area (TPSA) is 188 Å². The molecular formula is C42H37ClF3N5O8S2. The number of nitrogens with zero attached hydrogens (tertiary/aromatic N) is 2. The van der Waals surface area contributed by atoms with E-state index in [0.717, 1.165) is 28.8 Å². The predicted molar refractivity (Wildman–Crippen MR) is 223 cm³/mol. The first kappa shape index (κ1) is 43.1. The minimum absolute atomic E-state index is 0.0870. The zero-order valence-corrected chi connectivity index (χ0v) is 34.3. The van der Waals surface area contributed by atoms with E-state index in [9.17, 15) is 44.7 Å². The number of aromatic amines is 1. The number of anilines is 2. The van der Waals surface area contributed by atoms with Crippen molar-refractivity contribution in [2.45, 2.75) is 40.7 Å². The number of carbonyl (C=O) groups excluding carboxylic acids is 2. The van der Waals surface area contributed by atoms with Crippen LogP contribution in [0.2, 0.25) is 5.02 Å². The van der Waals surface area contributed by atoms with E-state index in [-0.39, 0.29) is 42.0 Å². The highest BCUT2D eigenvalue weighted by Gasteiger charge is 2.48. The zero-order valence-electron chi connectivity index (χ0n) is 31.9. The number of aliphatic hydroxyl groups excluding tert-OH is 1. The minimum atomic E-state index is -6.09. The van der Waals surface area contributed by atoms with Crippen LogP contribution in [0.15, 0.2) is 119 Å². The number of benzene rings is 4. The maximum Gasteiger partial charge on any atom is 0.501 e. The molecule has 318 valence electrons. The van der Waals surface area contributed by atoms with Gasteiger partial charge in [0.25, 0.3) is 25.8 Å². The van der Waals surface area contributed by atoms with E-state index < -0.39 is 52.9 Å². The number of aliphatic hydroxyl groups is 1. The number of sulfonamides is 1. The highest BCUT2D eigenvalue weighted by atomic mass is 35.5. The molecule has 19 heteroatoms. The third-order valence-corrected chi connectivity index (χ3v) is 13.4. The third kappa shape index (κ3) is 9.36. The van der Waals surface area contributed by atoms with Crippen LogP contribution in [0.25, 0.3) is 22.2 Å². The maximum atomic E-state index is 13.8. The van der Waals surface area contributed by atoms with Gasteiger partial charge in [0, 0.05) is 54.4 Å². The molecule has 7 rings (SSSR count). The van der Waals surface area contributed by atoms with Crippen LogP contribution in [0.3, 0.4) is 0 Å². The number of alkyl halides is 3. The summed E-state index contributed by atoms with van der Waals surface area (Å²) in [6, 6.07) is 24.8. The van der Waals surface area contributed by atoms with Gasteiger partial charge in [0.15, 0.2) is 0 Å². The van der Waals surface area contributed by atoms with Gasteiger partial charge < -0.3 is 29.8 Å². The zero-order chi connectivity index (χ0) is 43.5. The smallest absolute Gasteiger partial charge is 0.455 e. The van der Waals surface area contributed by atoms with Gasteiger partial charge in [-0.2, -0.15) is 13.2 Å². The molecule has 0 aliphatic carbocycles. The van der Waals surface area contributed by atoms with Gasteiger partial charge in [0.05, 0.1) is 28.4 Å². The number of ether oxygens (including phenoxy) is 1. The maximum absolute atomic E-state index is 13.8. The second-order valence-corrected chi connectivity index (χ2v) is 18.2. The first-order valence-corrected chi connectivity index (χ1v) is 22.1. The van der Waals surface area contributed by atoms with Crippen LogP contribution in [0.1, 0.15) is 41.3 Å². The molecule has 61 heavy (non-hydrogen) atoms. The number of nitrogens with one attached hydrogen (secondary N) is 3. The van der Waals surface area contributed by atoms with Crippen LogP contribution in [0.4, 0.5) is 24.5 Å². The van der Waals surface area contributed by atoms with Crippen LogP contribution in [-0.2, 0) is 24.7 Å². The number of pyridine rings is 1. The lowest BCUT2D eigenvalue weighted by Crippen LogP contribution is -2.36. The van der Waals surface area contributed by atoms with E-state index >= 15 is 0 Å². The second kappa shape index (κ2) is 17.6. The number of carbonyl (C=O) groups is 2. The Morgan fingerprint density at radius 3 is 2.44 bits per heavy atom. The number of sulfone groups is 1. The molecule has 13 nitrogen and oxygen atoms in total. The largest absolute Gasteiger partial charge is 0.501 e. The van der Waals surface area contributed by atoms with Crippen molar-refractivity contribution in [2.24, 2.45) is 5.92 Å². The van der Waals surface area contributed by atoms with Crippen molar-refractivity contribution in [1.29, 1.82) is 0 Å². The molecule has 1 atom stereocenters. The van der Waals surface area contributed by atoms with E-state index in [1.54, 1.807) is 42.6 Å². The van der Waals surface area contributed by atoms with Gasteiger partial charge in [-0.25, -0.2) is 26.5 Å². The number of aldehydes is 1. The molecule has 0 radical (unpaired) electrons. The molecule has 2 aromatic heterocycles. The van der Waals surface area contributed by atoms with E-state index in [1.807, 2.05) is 46.0 Å². The van der Waals surface area contributed by atoms with Crippen molar-refractivity contribution in [3.8, 4) is 22.6 Å². The molecule has 4 N–H and O–H groups in total. The fraction of sp³-hybridized carbons (Fsp3) is 0.214. The SMILES string of the molecule is O=CCCNc1ccc(S(=O)(=O)NC(=O)c2ccc(N3CCC(C(O)c4ccccc4-c4ccc(Cl)cc4)CC3)cc2Oc2cnc3[nH]ccc3c2)cc1S(=O)(=O)C(F)(F)F. The number of rotatable bonds is 14. The molecule has 1 amide bonds. The van der Waals surface area contributed by atoms with E-state index in [2.05, 4.69) is 15.3 Å². The lowest BCUT2D eigenvalue weighted by Gasteiger charge is -2.36.